The molecule has 1 aromatic carbocycles. The zero-order chi connectivity index (χ0) is 23.8. The minimum Gasteiger partial charge on any atom is -0.469 e. The van der Waals surface area contributed by atoms with E-state index in [9.17, 15) is 14.9 Å². The number of carbonyl (C=O) groups excluding carboxylic acids is 2. The first-order valence-corrected chi connectivity index (χ1v) is 10.8. The van der Waals surface area contributed by atoms with Crippen LogP contribution >= 0.6 is 0 Å². The summed E-state index contributed by atoms with van der Waals surface area (Å²) in [5.41, 5.74) is 1.62. The van der Waals surface area contributed by atoms with Crippen molar-refractivity contribution in [3.8, 4) is 23.2 Å². The first-order valence-electron chi connectivity index (χ1n) is 10.8. The number of hydrogen-bond acceptors (Lipinski definition) is 7. The summed E-state index contributed by atoms with van der Waals surface area (Å²) in [5.74, 6) is -0.472. The molecule has 0 saturated heterocycles. The van der Waals surface area contributed by atoms with Gasteiger partial charge in [-0.2, -0.15) is 5.26 Å². The number of nitrogens with one attached hydrogen (secondary N) is 1. The lowest BCUT2D eigenvalue weighted by atomic mass is 9.75. The number of carbonyl (C=O) groups is 2. The molecule has 0 aliphatic heterocycles. The fraction of sp³-hybridized carbons (Fsp3) is 0.308. The molecule has 0 bridgehead atoms. The van der Waals surface area contributed by atoms with E-state index in [0.717, 1.165) is 11.1 Å². The van der Waals surface area contributed by atoms with Crippen LogP contribution in [0.3, 0.4) is 0 Å². The molecule has 33 heavy (non-hydrogen) atoms. The van der Waals surface area contributed by atoms with Crippen LogP contribution in [0.1, 0.15) is 25.0 Å². The molecule has 1 N–H and O–H groups in total. The molecule has 2 unspecified atom stereocenters. The van der Waals surface area contributed by atoms with Crippen molar-refractivity contribution in [3.63, 3.8) is 0 Å². The molecular formula is C26H27N3O4. The van der Waals surface area contributed by atoms with Gasteiger partial charge in [0.1, 0.15) is 18.2 Å². The van der Waals surface area contributed by atoms with Crippen LogP contribution in [0.4, 0.5) is 0 Å². The molecule has 170 valence electrons. The van der Waals surface area contributed by atoms with E-state index >= 15 is 0 Å². The quantitative estimate of drug-likeness (QED) is 0.589. The van der Waals surface area contributed by atoms with Crippen LogP contribution in [-0.4, -0.2) is 42.5 Å². The van der Waals surface area contributed by atoms with E-state index in [1.54, 1.807) is 26.0 Å². The van der Waals surface area contributed by atoms with E-state index < -0.39 is 11.5 Å². The van der Waals surface area contributed by atoms with Crippen molar-refractivity contribution in [2.24, 2.45) is 5.41 Å². The fourth-order valence-electron chi connectivity index (χ4n) is 3.62. The molecule has 0 radical (unpaired) electrons. The summed E-state index contributed by atoms with van der Waals surface area (Å²) < 4.78 is 10.8. The van der Waals surface area contributed by atoms with Crippen LogP contribution < -0.4 is 10.1 Å². The smallest absolute Gasteiger partial charge is 0.319 e. The number of pyridine rings is 1. The van der Waals surface area contributed by atoms with Gasteiger partial charge in [0.2, 0.25) is 5.88 Å². The molecule has 1 aliphatic carbocycles. The monoisotopic (exact) mass is 445 g/mol. The van der Waals surface area contributed by atoms with E-state index in [-0.39, 0.29) is 30.8 Å². The maximum absolute atomic E-state index is 13.2. The van der Waals surface area contributed by atoms with Gasteiger partial charge >= 0.3 is 5.97 Å². The lowest BCUT2D eigenvalue weighted by molar-refractivity contribution is -0.142. The molecular weight excluding hydrogens is 418 g/mol. The van der Waals surface area contributed by atoms with Crippen molar-refractivity contribution < 1.29 is 19.1 Å². The Hall–Kier alpha value is -3.76. The Morgan fingerprint density at radius 1 is 1.24 bits per heavy atom. The molecule has 2 atom stereocenters. The van der Waals surface area contributed by atoms with E-state index in [4.69, 9.17) is 9.47 Å². The van der Waals surface area contributed by atoms with E-state index in [1.807, 2.05) is 55.5 Å². The number of ether oxygens (including phenoxy) is 2. The summed E-state index contributed by atoms with van der Waals surface area (Å²) in [6.45, 7) is 5.34. The molecule has 1 heterocycles. The van der Waals surface area contributed by atoms with E-state index in [0.29, 0.717) is 17.9 Å². The Balaban J connectivity index is 1.78. The Morgan fingerprint density at radius 3 is 2.70 bits per heavy atom. The normalized spacial score (nSPS) is 19.0. The second-order valence-electron chi connectivity index (χ2n) is 7.88. The number of aryl methyl sites for hydroxylation is 1. The zero-order valence-corrected chi connectivity index (χ0v) is 19.0. The molecule has 1 aromatic heterocycles. The summed E-state index contributed by atoms with van der Waals surface area (Å²) >= 11 is 0. The third-order valence-corrected chi connectivity index (χ3v) is 5.58. The number of Topliss-reactive ketones (excluding diaryl/α,β-unsaturated/α-hetero) is 1. The Labute approximate surface area is 193 Å². The highest BCUT2D eigenvalue weighted by atomic mass is 16.5. The number of esters is 1. The number of rotatable bonds is 9. The predicted octanol–water partition coefficient (Wildman–Crippen LogP) is 3.53. The Morgan fingerprint density at radius 2 is 2.00 bits per heavy atom. The van der Waals surface area contributed by atoms with E-state index in [1.165, 1.54) is 0 Å². The highest BCUT2D eigenvalue weighted by Crippen LogP contribution is 2.31. The number of ketones is 1. The van der Waals surface area contributed by atoms with Crippen molar-refractivity contribution in [1.82, 2.24) is 10.3 Å². The molecule has 1 aliphatic rings. The van der Waals surface area contributed by atoms with Gasteiger partial charge in [0, 0.05) is 11.6 Å². The molecule has 0 saturated carbocycles. The molecule has 3 rings (SSSR count). The number of aromatic nitrogens is 1. The maximum Gasteiger partial charge on any atom is 0.319 e. The van der Waals surface area contributed by atoms with Crippen LogP contribution in [-0.2, 0) is 14.3 Å². The van der Waals surface area contributed by atoms with Crippen LogP contribution in [0.15, 0.2) is 60.7 Å². The van der Waals surface area contributed by atoms with Crippen molar-refractivity contribution >= 4 is 11.8 Å². The minimum atomic E-state index is -0.944. The van der Waals surface area contributed by atoms with Gasteiger partial charge in [0.25, 0.3) is 0 Å². The summed E-state index contributed by atoms with van der Waals surface area (Å²) in [4.78, 5) is 29.5. The highest BCUT2D eigenvalue weighted by molar-refractivity contribution is 5.89. The van der Waals surface area contributed by atoms with Crippen molar-refractivity contribution in [3.05, 3.63) is 71.8 Å². The number of allylic oxidation sites excluding steroid dienone is 2. The molecule has 0 amide bonds. The molecule has 0 fully saturated rings. The topological polar surface area (TPSA) is 101 Å². The van der Waals surface area contributed by atoms with Crippen LogP contribution in [0.5, 0.6) is 5.88 Å². The van der Waals surface area contributed by atoms with Gasteiger partial charge in [-0.15, -0.1) is 0 Å². The minimum absolute atomic E-state index is 0.0150. The summed E-state index contributed by atoms with van der Waals surface area (Å²) in [5, 5.41) is 12.7. The van der Waals surface area contributed by atoms with Crippen molar-refractivity contribution in [1.29, 1.82) is 5.26 Å². The van der Waals surface area contributed by atoms with Gasteiger partial charge in [-0.25, -0.2) is 4.98 Å². The second kappa shape index (κ2) is 10.7. The van der Waals surface area contributed by atoms with Gasteiger partial charge < -0.3 is 9.47 Å². The number of nitriles is 1. The number of nitrogens with zero attached hydrogens (tertiary/aromatic N) is 2. The molecule has 0 spiro atoms. The zero-order valence-electron chi connectivity index (χ0n) is 19.0. The third-order valence-electron chi connectivity index (χ3n) is 5.58. The SMILES string of the molecule is CCOC(=O)CNC1C=CC=CC1(C)C(=O)COc1nc(-c2ccccc2)cc(C)c1C#N. The van der Waals surface area contributed by atoms with Crippen LogP contribution in [0.25, 0.3) is 11.3 Å². The van der Waals surface area contributed by atoms with Crippen LogP contribution in [0.2, 0.25) is 0 Å². The lowest BCUT2D eigenvalue weighted by Gasteiger charge is -2.34. The summed E-state index contributed by atoms with van der Waals surface area (Å²) in [7, 11) is 0. The number of benzene rings is 1. The van der Waals surface area contributed by atoms with Crippen LogP contribution in [0, 0.1) is 23.7 Å². The van der Waals surface area contributed by atoms with Crippen molar-refractivity contribution in [2.75, 3.05) is 19.8 Å². The lowest BCUT2D eigenvalue weighted by Crippen LogP contribution is -2.50. The fourth-order valence-corrected chi connectivity index (χ4v) is 3.62. The first-order chi connectivity index (χ1) is 15.9. The van der Waals surface area contributed by atoms with Gasteiger partial charge in [-0.1, -0.05) is 54.6 Å². The first kappa shape index (κ1) is 23.9. The Kier molecular flexibility index (Phi) is 7.75. The second-order valence-corrected chi connectivity index (χ2v) is 7.88. The van der Waals surface area contributed by atoms with E-state index in [2.05, 4.69) is 16.4 Å². The van der Waals surface area contributed by atoms with Gasteiger partial charge in [0.15, 0.2) is 5.78 Å². The molecule has 7 heteroatoms. The summed E-state index contributed by atoms with van der Waals surface area (Å²) in [6, 6.07) is 13.1. The molecule has 2 aromatic rings. The van der Waals surface area contributed by atoms with Gasteiger partial charge in [0.05, 0.1) is 24.3 Å². The predicted molar refractivity (Wildman–Crippen MR) is 124 cm³/mol. The largest absolute Gasteiger partial charge is 0.469 e. The number of hydrogen-bond donors (Lipinski definition) is 1. The van der Waals surface area contributed by atoms with Gasteiger partial charge in [-0.3, -0.25) is 14.9 Å². The van der Waals surface area contributed by atoms with Gasteiger partial charge in [-0.05, 0) is 32.4 Å². The summed E-state index contributed by atoms with van der Waals surface area (Å²) in [6.07, 6.45) is 7.22. The maximum atomic E-state index is 13.2. The Bertz CT molecular complexity index is 1120. The highest BCUT2D eigenvalue weighted by Gasteiger charge is 2.39. The molecule has 7 nitrogen and oxygen atoms in total. The standard InChI is InChI=1S/C26H27N3O4/c1-4-32-24(31)16-28-22-12-8-9-13-26(22,3)23(30)17-33-25-20(15-27)18(2)14-21(29-25)19-10-6-5-7-11-19/h5-14,22,28H,4,16-17H2,1-3H3. The third kappa shape index (κ3) is 5.54. The average molecular weight is 446 g/mol. The van der Waals surface area contributed by atoms with Crippen molar-refractivity contribution in [2.45, 2.75) is 26.8 Å². The average Bonchev–Trinajstić information content (AvgIpc) is 2.82.